The number of aromatic nitrogens is 3. The Bertz CT molecular complexity index is 897. The number of aryl methyl sites for hydroxylation is 1. The van der Waals surface area contributed by atoms with Gasteiger partial charge in [0.05, 0.1) is 5.69 Å². The minimum atomic E-state index is 0.0264. The average Bonchev–Trinajstić information content (AvgIpc) is 3.37. The number of rotatable bonds is 5. The van der Waals surface area contributed by atoms with Crippen LogP contribution < -0.4 is 5.32 Å². The number of benzene rings is 1. The lowest BCUT2D eigenvalue weighted by Crippen LogP contribution is -2.14. The molecule has 1 saturated carbocycles. The third-order valence-electron chi connectivity index (χ3n) is 4.59. The molecule has 2 heterocycles. The second kappa shape index (κ2) is 7.37. The molecule has 0 unspecified atom stereocenters. The molecule has 3 aromatic rings. The molecule has 6 nitrogen and oxygen atoms in total. The van der Waals surface area contributed by atoms with Gasteiger partial charge in [-0.2, -0.15) is 4.98 Å². The number of nitrogens with zero attached hydrogens (tertiary/aromatic N) is 3. The van der Waals surface area contributed by atoms with Crippen molar-refractivity contribution in [2.24, 2.45) is 5.92 Å². The van der Waals surface area contributed by atoms with Gasteiger partial charge in [-0.15, -0.1) is 0 Å². The van der Waals surface area contributed by atoms with Gasteiger partial charge in [-0.25, -0.2) is 4.98 Å². The van der Waals surface area contributed by atoms with E-state index >= 15 is 0 Å². The van der Waals surface area contributed by atoms with Gasteiger partial charge in [-0.1, -0.05) is 59.7 Å². The van der Waals surface area contributed by atoms with Gasteiger partial charge in [-0.05, 0) is 25.7 Å². The zero-order chi connectivity index (χ0) is 17.9. The Morgan fingerprint density at radius 3 is 2.69 bits per heavy atom. The molecule has 2 aromatic heterocycles. The van der Waals surface area contributed by atoms with Gasteiger partial charge in [0.1, 0.15) is 4.88 Å². The molecule has 0 spiro atoms. The Kier molecular flexibility index (Phi) is 4.79. The topological polar surface area (TPSA) is 80.9 Å². The highest BCUT2D eigenvalue weighted by molar-refractivity contribution is 7.19. The van der Waals surface area contributed by atoms with Crippen molar-refractivity contribution in [3.8, 4) is 22.0 Å². The maximum absolute atomic E-state index is 12.4. The summed E-state index contributed by atoms with van der Waals surface area (Å²) in [6, 6.07) is 9.82. The minimum absolute atomic E-state index is 0.0264. The Balaban J connectivity index is 1.61. The van der Waals surface area contributed by atoms with Crippen LogP contribution in [0, 0.1) is 12.8 Å². The number of nitrogens with one attached hydrogen (secondary N) is 1. The fourth-order valence-corrected chi connectivity index (χ4v) is 4.27. The Morgan fingerprint density at radius 2 is 2.00 bits per heavy atom. The highest BCUT2D eigenvalue weighted by Gasteiger charge is 2.22. The van der Waals surface area contributed by atoms with E-state index in [1.54, 1.807) is 6.92 Å². The van der Waals surface area contributed by atoms with E-state index in [1.807, 2.05) is 30.3 Å². The van der Waals surface area contributed by atoms with Gasteiger partial charge in [0.2, 0.25) is 5.91 Å². The van der Waals surface area contributed by atoms with Crippen LogP contribution in [-0.4, -0.2) is 21.0 Å². The molecular weight excluding hydrogens is 348 g/mol. The van der Waals surface area contributed by atoms with E-state index in [0.29, 0.717) is 29.2 Å². The molecule has 7 heteroatoms. The molecule has 0 radical (unpaired) electrons. The lowest BCUT2D eigenvalue weighted by atomic mass is 10.0. The molecule has 0 atom stereocenters. The maximum atomic E-state index is 12.4. The minimum Gasteiger partial charge on any atom is -0.333 e. The molecule has 1 aromatic carbocycles. The van der Waals surface area contributed by atoms with Gasteiger partial charge in [0.25, 0.3) is 5.89 Å². The number of amides is 1. The normalized spacial score (nSPS) is 14.7. The molecule has 134 valence electrons. The maximum Gasteiger partial charge on any atom is 0.270 e. The Morgan fingerprint density at radius 1 is 1.23 bits per heavy atom. The second-order valence-electron chi connectivity index (χ2n) is 6.61. The van der Waals surface area contributed by atoms with Crippen molar-refractivity contribution in [3.63, 3.8) is 0 Å². The predicted molar refractivity (Wildman–Crippen MR) is 101 cm³/mol. The molecule has 1 amide bonds. The van der Waals surface area contributed by atoms with Crippen molar-refractivity contribution < 1.29 is 9.32 Å². The number of hydrogen-bond acceptors (Lipinski definition) is 6. The first-order valence-electron chi connectivity index (χ1n) is 8.86. The number of hydrogen-bond donors (Lipinski definition) is 1. The molecule has 1 N–H and O–H groups in total. The van der Waals surface area contributed by atoms with Crippen LogP contribution in [0.5, 0.6) is 0 Å². The molecule has 4 rings (SSSR count). The molecular formula is C19H20N4O2S. The summed E-state index contributed by atoms with van der Waals surface area (Å²) in [5, 5.41) is 7.39. The summed E-state index contributed by atoms with van der Waals surface area (Å²) in [5.74, 6) is 1.52. The van der Waals surface area contributed by atoms with Crippen LogP contribution in [0.2, 0.25) is 0 Å². The number of carbonyl (C=O) groups excluding carboxylic acids is 1. The van der Waals surface area contributed by atoms with Crippen LogP contribution in [0.4, 0.5) is 5.13 Å². The highest BCUT2D eigenvalue weighted by Crippen LogP contribution is 2.38. The van der Waals surface area contributed by atoms with Crippen molar-refractivity contribution in [2.75, 3.05) is 5.32 Å². The quantitative estimate of drug-likeness (QED) is 0.707. The molecule has 0 saturated heterocycles. The van der Waals surface area contributed by atoms with E-state index in [4.69, 9.17) is 4.52 Å². The third-order valence-corrected chi connectivity index (χ3v) is 5.55. The van der Waals surface area contributed by atoms with E-state index in [1.165, 1.54) is 24.2 Å². The summed E-state index contributed by atoms with van der Waals surface area (Å²) in [6.45, 7) is 1.78. The largest absolute Gasteiger partial charge is 0.333 e. The average molecular weight is 368 g/mol. The summed E-state index contributed by atoms with van der Waals surface area (Å²) < 4.78 is 5.34. The van der Waals surface area contributed by atoms with Crippen LogP contribution in [0.15, 0.2) is 34.9 Å². The van der Waals surface area contributed by atoms with E-state index < -0.39 is 0 Å². The monoisotopic (exact) mass is 368 g/mol. The molecule has 26 heavy (non-hydrogen) atoms. The van der Waals surface area contributed by atoms with Crippen LogP contribution >= 0.6 is 11.3 Å². The van der Waals surface area contributed by atoms with Crippen molar-refractivity contribution in [2.45, 2.75) is 39.0 Å². The summed E-state index contributed by atoms with van der Waals surface area (Å²) in [5.41, 5.74) is 1.70. The van der Waals surface area contributed by atoms with Gasteiger partial charge >= 0.3 is 0 Å². The number of thiazole rings is 1. The van der Waals surface area contributed by atoms with Crippen molar-refractivity contribution >= 4 is 22.4 Å². The van der Waals surface area contributed by atoms with Gasteiger partial charge < -0.3 is 9.84 Å². The van der Waals surface area contributed by atoms with Gasteiger partial charge in [-0.3, -0.25) is 4.79 Å². The lowest BCUT2D eigenvalue weighted by molar-refractivity contribution is -0.117. The van der Waals surface area contributed by atoms with Crippen molar-refractivity contribution in [3.05, 3.63) is 36.2 Å². The first-order chi connectivity index (χ1) is 12.7. The molecule has 1 aliphatic rings. The van der Waals surface area contributed by atoms with Crippen molar-refractivity contribution in [1.82, 2.24) is 15.1 Å². The van der Waals surface area contributed by atoms with Gasteiger partial charge in [0, 0.05) is 12.0 Å². The lowest BCUT2D eigenvalue weighted by Gasteiger charge is -2.07. The summed E-state index contributed by atoms with van der Waals surface area (Å²) in [7, 11) is 0. The summed E-state index contributed by atoms with van der Waals surface area (Å²) in [6.07, 6.45) is 5.32. The first-order valence-corrected chi connectivity index (χ1v) is 9.67. The van der Waals surface area contributed by atoms with Crippen LogP contribution in [0.1, 0.15) is 37.9 Å². The van der Waals surface area contributed by atoms with Crippen molar-refractivity contribution in [1.29, 1.82) is 0 Å². The zero-order valence-electron chi connectivity index (χ0n) is 14.6. The van der Waals surface area contributed by atoms with E-state index in [0.717, 1.165) is 29.0 Å². The Hall–Kier alpha value is -2.54. The van der Waals surface area contributed by atoms with Crippen LogP contribution in [0.3, 0.4) is 0 Å². The second-order valence-corrected chi connectivity index (χ2v) is 7.61. The zero-order valence-corrected chi connectivity index (χ0v) is 15.4. The highest BCUT2D eigenvalue weighted by atomic mass is 32.1. The third kappa shape index (κ3) is 3.67. The van der Waals surface area contributed by atoms with E-state index in [2.05, 4.69) is 20.4 Å². The SMILES string of the molecule is Cc1noc(-c2sc(NC(=O)CC3CCCC3)nc2-c2ccccc2)n1. The first kappa shape index (κ1) is 16.9. The van der Waals surface area contributed by atoms with E-state index in [9.17, 15) is 4.79 Å². The molecule has 1 aliphatic carbocycles. The Labute approximate surface area is 155 Å². The molecule has 1 fully saturated rings. The standard InChI is InChI=1S/C19H20N4O2S/c1-12-20-18(25-23-12)17-16(14-9-3-2-4-10-14)22-19(26-17)21-15(24)11-13-7-5-6-8-13/h2-4,9-10,13H,5-8,11H2,1H3,(H,21,22,24). The summed E-state index contributed by atoms with van der Waals surface area (Å²) in [4.78, 5) is 22.1. The van der Waals surface area contributed by atoms with Crippen LogP contribution in [0.25, 0.3) is 22.0 Å². The smallest absolute Gasteiger partial charge is 0.270 e. The molecule has 0 aliphatic heterocycles. The van der Waals surface area contributed by atoms with E-state index in [-0.39, 0.29) is 5.91 Å². The summed E-state index contributed by atoms with van der Waals surface area (Å²) >= 11 is 1.37. The van der Waals surface area contributed by atoms with Gasteiger partial charge in [0.15, 0.2) is 11.0 Å². The van der Waals surface area contributed by atoms with Crippen LogP contribution in [-0.2, 0) is 4.79 Å². The fraction of sp³-hybridized carbons (Fsp3) is 0.368. The fourth-order valence-electron chi connectivity index (χ4n) is 3.35. The molecule has 0 bridgehead atoms. The number of anilines is 1. The number of carbonyl (C=O) groups is 1. The predicted octanol–water partition coefficient (Wildman–Crippen LogP) is 4.69.